The van der Waals surface area contributed by atoms with E-state index in [0.717, 1.165) is 6.42 Å². The molecule has 12 heavy (non-hydrogen) atoms. The number of hydrogen-bond acceptors (Lipinski definition) is 4. The summed E-state index contributed by atoms with van der Waals surface area (Å²) >= 11 is 0. The zero-order chi connectivity index (χ0) is 9.61. The number of carbonyl (C=O) groups is 1. The summed E-state index contributed by atoms with van der Waals surface area (Å²) in [7, 11) is 0. The van der Waals surface area contributed by atoms with E-state index in [-0.39, 0.29) is 13.0 Å². The summed E-state index contributed by atoms with van der Waals surface area (Å²) < 4.78 is 0. The van der Waals surface area contributed by atoms with Crippen LogP contribution in [0.3, 0.4) is 0 Å². The number of aliphatic hydroxyl groups is 1. The molecule has 0 aliphatic heterocycles. The van der Waals surface area contributed by atoms with E-state index in [2.05, 4.69) is 0 Å². The van der Waals surface area contributed by atoms with Gasteiger partial charge >= 0.3 is 5.97 Å². The van der Waals surface area contributed by atoms with Crippen LogP contribution < -0.4 is 11.5 Å². The fourth-order valence-corrected chi connectivity index (χ4v) is 0.813. The Morgan fingerprint density at radius 2 is 1.83 bits per heavy atom. The molecule has 5 heteroatoms. The standard InChI is InChI=1S/C7H16N2O3/c8-7(9,6(11)12)4-2-1-3-5-10/h10H,1-5,8-9H2,(H,11,12). The molecule has 0 heterocycles. The van der Waals surface area contributed by atoms with Crippen LogP contribution in [0.15, 0.2) is 0 Å². The Bertz CT molecular complexity index is 148. The maximum absolute atomic E-state index is 10.4. The van der Waals surface area contributed by atoms with Crippen LogP contribution >= 0.6 is 0 Å². The minimum Gasteiger partial charge on any atom is -0.479 e. The number of carboxylic acids is 1. The molecule has 0 aromatic carbocycles. The normalized spacial score (nSPS) is 11.6. The lowest BCUT2D eigenvalue weighted by molar-refractivity contribution is -0.143. The van der Waals surface area contributed by atoms with Crippen molar-refractivity contribution in [2.45, 2.75) is 31.3 Å². The minimum atomic E-state index is -1.62. The lowest BCUT2D eigenvalue weighted by Crippen LogP contribution is -2.56. The highest BCUT2D eigenvalue weighted by Gasteiger charge is 2.27. The third-order valence-corrected chi connectivity index (χ3v) is 1.65. The topological polar surface area (TPSA) is 110 Å². The largest absolute Gasteiger partial charge is 0.479 e. The highest BCUT2D eigenvalue weighted by atomic mass is 16.4. The molecular formula is C7H16N2O3. The summed E-state index contributed by atoms with van der Waals surface area (Å²) in [6.45, 7) is 0.120. The fourth-order valence-electron chi connectivity index (χ4n) is 0.813. The van der Waals surface area contributed by atoms with Crippen LogP contribution in [0.4, 0.5) is 0 Å². The van der Waals surface area contributed by atoms with E-state index in [4.69, 9.17) is 21.7 Å². The van der Waals surface area contributed by atoms with Crippen molar-refractivity contribution in [3.05, 3.63) is 0 Å². The zero-order valence-corrected chi connectivity index (χ0v) is 6.99. The first-order valence-corrected chi connectivity index (χ1v) is 3.92. The number of hydrogen-bond donors (Lipinski definition) is 4. The molecular weight excluding hydrogens is 160 g/mol. The van der Waals surface area contributed by atoms with Crippen LogP contribution in [0.5, 0.6) is 0 Å². The number of nitrogens with two attached hydrogens (primary N) is 2. The molecule has 5 nitrogen and oxygen atoms in total. The Morgan fingerprint density at radius 3 is 2.25 bits per heavy atom. The summed E-state index contributed by atoms with van der Waals surface area (Å²) in [6.07, 6.45) is 2.28. The van der Waals surface area contributed by atoms with Gasteiger partial charge in [-0.2, -0.15) is 0 Å². The molecule has 0 rings (SSSR count). The summed E-state index contributed by atoms with van der Waals surface area (Å²) in [4.78, 5) is 10.4. The molecule has 0 radical (unpaired) electrons. The highest BCUT2D eigenvalue weighted by Crippen LogP contribution is 2.06. The van der Waals surface area contributed by atoms with Crippen LogP contribution in [0.25, 0.3) is 0 Å². The van der Waals surface area contributed by atoms with E-state index in [0.29, 0.717) is 12.8 Å². The number of aliphatic hydroxyl groups excluding tert-OH is 1. The van der Waals surface area contributed by atoms with Gasteiger partial charge in [-0.25, -0.2) is 4.79 Å². The Morgan fingerprint density at radius 1 is 1.25 bits per heavy atom. The predicted molar refractivity (Wildman–Crippen MR) is 44.3 cm³/mol. The van der Waals surface area contributed by atoms with Crippen LogP contribution in [0.1, 0.15) is 25.7 Å². The summed E-state index contributed by atoms with van der Waals surface area (Å²) in [6, 6.07) is 0. The highest BCUT2D eigenvalue weighted by molar-refractivity contribution is 5.77. The number of rotatable bonds is 6. The second-order valence-electron chi connectivity index (χ2n) is 2.88. The number of unbranched alkanes of at least 4 members (excludes halogenated alkanes) is 2. The van der Waals surface area contributed by atoms with Gasteiger partial charge in [0.05, 0.1) is 0 Å². The lowest BCUT2D eigenvalue weighted by atomic mass is 10.0. The van der Waals surface area contributed by atoms with Gasteiger partial charge in [-0.05, 0) is 19.3 Å². The number of carboxylic acid groups (broad SMARTS) is 1. The molecule has 0 atom stereocenters. The van der Waals surface area contributed by atoms with Crippen molar-refractivity contribution in [1.29, 1.82) is 0 Å². The van der Waals surface area contributed by atoms with Crippen molar-refractivity contribution in [2.24, 2.45) is 11.5 Å². The van der Waals surface area contributed by atoms with Crippen LogP contribution in [-0.4, -0.2) is 28.5 Å². The molecule has 0 fully saturated rings. The molecule has 0 aliphatic rings. The van der Waals surface area contributed by atoms with E-state index in [1.807, 2.05) is 0 Å². The van der Waals surface area contributed by atoms with Gasteiger partial charge in [0, 0.05) is 6.61 Å². The number of aliphatic carboxylic acids is 1. The molecule has 0 aromatic rings. The quantitative estimate of drug-likeness (QED) is 0.314. The Hall–Kier alpha value is -0.650. The summed E-state index contributed by atoms with van der Waals surface area (Å²) in [5.74, 6) is -1.19. The average Bonchev–Trinajstić information content (AvgIpc) is 1.98. The van der Waals surface area contributed by atoms with Gasteiger partial charge in [-0.15, -0.1) is 0 Å². The first-order valence-electron chi connectivity index (χ1n) is 3.92. The van der Waals surface area contributed by atoms with E-state index >= 15 is 0 Å². The van der Waals surface area contributed by atoms with Crippen molar-refractivity contribution in [3.63, 3.8) is 0 Å². The Balaban J connectivity index is 3.54. The first kappa shape index (κ1) is 11.4. The molecule has 6 N–H and O–H groups in total. The minimum absolute atomic E-state index is 0.120. The van der Waals surface area contributed by atoms with Gasteiger partial charge in [0.1, 0.15) is 0 Å². The summed E-state index contributed by atoms with van der Waals surface area (Å²) in [5, 5.41) is 16.9. The molecule has 0 amide bonds. The summed E-state index contributed by atoms with van der Waals surface area (Å²) in [5.41, 5.74) is 8.90. The third kappa shape index (κ3) is 4.27. The van der Waals surface area contributed by atoms with Gasteiger partial charge in [-0.1, -0.05) is 6.42 Å². The predicted octanol–water partition coefficient (Wildman–Crippen LogP) is -0.763. The van der Waals surface area contributed by atoms with E-state index in [1.165, 1.54) is 0 Å². The van der Waals surface area contributed by atoms with Crippen molar-refractivity contribution in [3.8, 4) is 0 Å². The Kier molecular flexibility index (Phi) is 4.80. The first-order chi connectivity index (χ1) is 5.50. The fraction of sp³-hybridized carbons (Fsp3) is 0.857. The average molecular weight is 176 g/mol. The Labute approximate surface area is 71.4 Å². The maximum atomic E-state index is 10.4. The molecule has 0 bridgehead atoms. The van der Waals surface area contributed by atoms with E-state index in [9.17, 15) is 4.79 Å². The molecule has 0 saturated heterocycles. The maximum Gasteiger partial charge on any atom is 0.338 e. The van der Waals surface area contributed by atoms with Crippen molar-refractivity contribution < 1.29 is 15.0 Å². The van der Waals surface area contributed by atoms with Gasteiger partial charge in [-0.3, -0.25) is 0 Å². The SMILES string of the molecule is NC(N)(CCCCCO)C(=O)O. The van der Waals surface area contributed by atoms with Gasteiger partial charge in [0.2, 0.25) is 0 Å². The van der Waals surface area contributed by atoms with Crippen molar-refractivity contribution >= 4 is 5.97 Å². The van der Waals surface area contributed by atoms with Crippen molar-refractivity contribution in [2.75, 3.05) is 6.61 Å². The zero-order valence-electron chi connectivity index (χ0n) is 6.99. The smallest absolute Gasteiger partial charge is 0.338 e. The van der Waals surface area contributed by atoms with Crippen LogP contribution in [-0.2, 0) is 4.79 Å². The molecule has 0 aliphatic carbocycles. The second kappa shape index (κ2) is 5.08. The molecule has 72 valence electrons. The second-order valence-corrected chi connectivity index (χ2v) is 2.88. The van der Waals surface area contributed by atoms with E-state index < -0.39 is 11.6 Å². The molecule has 0 aromatic heterocycles. The lowest BCUT2D eigenvalue weighted by Gasteiger charge is -2.18. The van der Waals surface area contributed by atoms with Crippen molar-refractivity contribution in [1.82, 2.24) is 0 Å². The van der Waals surface area contributed by atoms with Gasteiger partial charge in [0.25, 0.3) is 0 Å². The van der Waals surface area contributed by atoms with Crippen LogP contribution in [0.2, 0.25) is 0 Å². The van der Waals surface area contributed by atoms with E-state index in [1.54, 1.807) is 0 Å². The third-order valence-electron chi connectivity index (χ3n) is 1.65. The molecule has 0 saturated carbocycles. The van der Waals surface area contributed by atoms with Gasteiger partial charge in [0.15, 0.2) is 5.66 Å². The molecule has 0 unspecified atom stereocenters. The molecule has 0 spiro atoms. The monoisotopic (exact) mass is 176 g/mol. The van der Waals surface area contributed by atoms with Gasteiger partial charge < -0.3 is 21.7 Å². The van der Waals surface area contributed by atoms with Crippen LogP contribution in [0, 0.1) is 0 Å².